The van der Waals surface area contributed by atoms with Crippen LogP contribution < -0.4 is 11.1 Å². The molecule has 0 fully saturated rings. The largest absolute Gasteiger partial charge is 0.393 e. The maximum atomic E-state index is 12.1. The van der Waals surface area contributed by atoms with Crippen LogP contribution in [-0.2, 0) is 6.42 Å². The number of nitrogens with two attached hydrogens (primary N) is 1. The van der Waals surface area contributed by atoms with Crippen LogP contribution >= 0.6 is 55.4 Å². The number of carbonyl (C=O) groups is 1. The van der Waals surface area contributed by atoms with Gasteiger partial charge in [0.15, 0.2) is 0 Å². The van der Waals surface area contributed by atoms with Gasteiger partial charge < -0.3 is 11.1 Å². The van der Waals surface area contributed by atoms with E-state index in [-0.39, 0.29) is 5.91 Å². The molecular formula is C13H10Br2N2OS2. The van der Waals surface area contributed by atoms with Crippen LogP contribution in [-0.4, -0.2) is 10.9 Å². The minimum atomic E-state index is -0.152. The summed E-state index contributed by atoms with van der Waals surface area (Å²) in [6.07, 6.45) is 0.562. The fraction of sp³-hybridized carbons (Fsp3) is 0.0769. The molecule has 0 atom stereocenters. The summed E-state index contributed by atoms with van der Waals surface area (Å²) in [7, 11) is 0. The molecule has 3 N–H and O–H groups in total. The third-order valence-electron chi connectivity index (χ3n) is 2.49. The number of halogens is 2. The molecule has 20 heavy (non-hydrogen) atoms. The Kier molecular flexibility index (Phi) is 5.31. The molecule has 2 aromatic rings. The summed E-state index contributed by atoms with van der Waals surface area (Å²) in [4.78, 5) is 12.6. The van der Waals surface area contributed by atoms with Crippen molar-refractivity contribution in [1.29, 1.82) is 0 Å². The van der Waals surface area contributed by atoms with E-state index in [1.54, 1.807) is 6.07 Å². The van der Waals surface area contributed by atoms with E-state index >= 15 is 0 Å². The number of anilines is 1. The third kappa shape index (κ3) is 4.12. The van der Waals surface area contributed by atoms with E-state index in [4.69, 9.17) is 18.0 Å². The SMILES string of the molecule is NC(=S)Cc1ccc(NC(=O)c2cc(Br)sc2Br)cc1. The number of thiocarbonyl (C=S) groups is 1. The number of hydrogen-bond donors (Lipinski definition) is 2. The zero-order valence-electron chi connectivity index (χ0n) is 10.2. The highest BCUT2D eigenvalue weighted by Gasteiger charge is 2.13. The Bertz CT molecular complexity index is 653. The van der Waals surface area contributed by atoms with Crippen molar-refractivity contribution in [3.8, 4) is 0 Å². The van der Waals surface area contributed by atoms with Gasteiger partial charge in [0.25, 0.3) is 5.91 Å². The third-order valence-corrected chi connectivity index (χ3v) is 4.98. The van der Waals surface area contributed by atoms with Crippen molar-refractivity contribution in [3.05, 3.63) is 49.0 Å². The lowest BCUT2D eigenvalue weighted by molar-refractivity contribution is 0.102. The molecule has 1 aromatic carbocycles. The average molecular weight is 434 g/mol. The predicted molar refractivity (Wildman–Crippen MR) is 94.6 cm³/mol. The first-order chi connectivity index (χ1) is 9.45. The molecule has 3 nitrogen and oxygen atoms in total. The Morgan fingerprint density at radius 3 is 2.45 bits per heavy atom. The lowest BCUT2D eigenvalue weighted by atomic mass is 10.1. The van der Waals surface area contributed by atoms with Gasteiger partial charge in [-0.1, -0.05) is 24.4 Å². The van der Waals surface area contributed by atoms with E-state index in [1.807, 2.05) is 24.3 Å². The van der Waals surface area contributed by atoms with Gasteiger partial charge in [-0.25, -0.2) is 0 Å². The second-order valence-electron chi connectivity index (χ2n) is 4.03. The maximum absolute atomic E-state index is 12.1. The molecule has 0 aliphatic rings. The molecule has 0 aliphatic heterocycles. The van der Waals surface area contributed by atoms with Gasteiger partial charge in [-0.2, -0.15) is 0 Å². The van der Waals surface area contributed by atoms with Gasteiger partial charge in [0, 0.05) is 12.1 Å². The molecular weight excluding hydrogens is 424 g/mol. The summed E-state index contributed by atoms with van der Waals surface area (Å²) in [5.41, 5.74) is 7.85. The molecule has 0 radical (unpaired) electrons. The number of thiophene rings is 1. The van der Waals surface area contributed by atoms with Crippen LogP contribution in [0.4, 0.5) is 5.69 Å². The fourth-order valence-corrected chi connectivity index (χ4v) is 4.56. The smallest absolute Gasteiger partial charge is 0.257 e. The summed E-state index contributed by atoms with van der Waals surface area (Å²) in [6, 6.07) is 9.24. The van der Waals surface area contributed by atoms with E-state index in [0.29, 0.717) is 17.0 Å². The molecule has 0 aliphatic carbocycles. The van der Waals surface area contributed by atoms with Gasteiger partial charge in [-0.05, 0) is 55.6 Å². The van der Waals surface area contributed by atoms with E-state index < -0.39 is 0 Å². The fourth-order valence-electron chi connectivity index (χ4n) is 1.60. The Morgan fingerprint density at radius 1 is 1.30 bits per heavy atom. The Labute approximate surface area is 142 Å². The molecule has 0 spiro atoms. The van der Waals surface area contributed by atoms with Crippen LogP contribution in [0.3, 0.4) is 0 Å². The zero-order chi connectivity index (χ0) is 14.7. The maximum Gasteiger partial charge on any atom is 0.257 e. The number of rotatable bonds is 4. The summed E-state index contributed by atoms with van der Waals surface area (Å²) in [5, 5.41) is 2.85. The predicted octanol–water partition coefficient (Wildman–Crippen LogP) is 4.35. The van der Waals surface area contributed by atoms with Crippen molar-refractivity contribution in [2.45, 2.75) is 6.42 Å². The molecule has 1 heterocycles. The topological polar surface area (TPSA) is 55.1 Å². The quantitative estimate of drug-likeness (QED) is 0.704. The number of nitrogens with one attached hydrogen (secondary N) is 1. The molecule has 0 bridgehead atoms. The molecule has 0 unspecified atom stereocenters. The zero-order valence-corrected chi connectivity index (χ0v) is 15.0. The molecule has 2 rings (SSSR count). The molecule has 7 heteroatoms. The molecule has 0 saturated carbocycles. The summed E-state index contributed by atoms with van der Waals surface area (Å²) < 4.78 is 1.70. The summed E-state index contributed by atoms with van der Waals surface area (Å²) >= 11 is 13.0. The van der Waals surface area contributed by atoms with Gasteiger partial charge in [-0.3, -0.25) is 4.79 Å². The Morgan fingerprint density at radius 2 is 1.95 bits per heavy atom. The van der Waals surface area contributed by atoms with E-state index in [9.17, 15) is 4.79 Å². The van der Waals surface area contributed by atoms with Crippen LogP contribution in [0, 0.1) is 0 Å². The molecule has 104 valence electrons. The lowest BCUT2D eigenvalue weighted by Gasteiger charge is -2.06. The molecule has 0 saturated heterocycles. The molecule has 1 aromatic heterocycles. The molecule has 1 amide bonds. The van der Waals surface area contributed by atoms with Crippen molar-refractivity contribution in [3.63, 3.8) is 0 Å². The van der Waals surface area contributed by atoms with E-state index in [2.05, 4.69) is 37.2 Å². The van der Waals surface area contributed by atoms with E-state index in [1.165, 1.54) is 11.3 Å². The number of benzene rings is 1. The first-order valence-electron chi connectivity index (χ1n) is 5.59. The first-order valence-corrected chi connectivity index (χ1v) is 8.40. The number of carbonyl (C=O) groups excluding carboxylic acids is 1. The summed E-state index contributed by atoms with van der Waals surface area (Å²) in [5.74, 6) is -0.152. The van der Waals surface area contributed by atoms with Gasteiger partial charge in [0.05, 0.1) is 18.1 Å². The highest BCUT2D eigenvalue weighted by atomic mass is 79.9. The second kappa shape index (κ2) is 6.80. The van der Waals surface area contributed by atoms with Crippen molar-refractivity contribution in [1.82, 2.24) is 0 Å². The van der Waals surface area contributed by atoms with Crippen molar-refractivity contribution in [2.24, 2.45) is 5.73 Å². The second-order valence-corrected chi connectivity index (χ2v) is 8.31. The Hall–Kier alpha value is -0.760. The number of amides is 1. The van der Waals surface area contributed by atoms with Crippen LogP contribution in [0.25, 0.3) is 0 Å². The van der Waals surface area contributed by atoms with Gasteiger partial charge in [0.1, 0.15) is 0 Å². The van der Waals surface area contributed by atoms with Crippen LogP contribution in [0.1, 0.15) is 15.9 Å². The summed E-state index contributed by atoms with van der Waals surface area (Å²) in [6.45, 7) is 0. The highest BCUT2D eigenvalue weighted by Crippen LogP contribution is 2.32. The van der Waals surface area contributed by atoms with Gasteiger partial charge in [0.2, 0.25) is 0 Å². The van der Waals surface area contributed by atoms with E-state index in [0.717, 1.165) is 18.8 Å². The van der Waals surface area contributed by atoms with Gasteiger partial charge >= 0.3 is 0 Å². The first kappa shape index (κ1) is 15.6. The minimum Gasteiger partial charge on any atom is -0.393 e. The minimum absolute atomic E-state index is 0.152. The van der Waals surface area contributed by atoms with Crippen molar-refractivity contribution >= 4 is 72.0 Å². The van der Waals surface area contributed by atoms with Crippen LogP contribution in [0.15, 0.2) is 37.9 Å². The monoisotopic (exact) mass is 432 g/mol. The van der Waals surface area contributed by atoms with Crippen molar-refractivity contribution in [2.75, 3.05) is 5.32 Å². The highest BCUT2D eigenvalue weighted by molar-refractivity contribution is 9.12. The average Bonchev–Trinajstić information content (AvgIpc) is 2.70. The lowest BCUT2D eigenvalue weighted by Crippen LogP contribution is -2.12. The van der Waals surface area contributed by atoms with Crippen LogP contribution in [0.2, 0.25) is 0 Å². The van der Waals surface area contributed by atoms with Crippen molar-refractivity contribution < 1.29 is 4.79 Å². The Balaban J connectivity index is 2.08. The standard InChI is InChI=1S/C13H10Br2N2OS2/c14-10-6-9(12(15)20-10)13(18)17-8-3-1-7(2-4-8)5-11(16)19/h1-4,6H,5H2,(H2,16,19)(H,17,18). The number of hydrogen-bond acceptors (Lipinski definition) is 3. The van der Waals surface area contributed by atoms with Crippen LogP contribution in [0.5, 0.6) is 0 Å². The van der Waals surface area contributed by atoms with Gasteiger partial charge in [-0.15, -0.1) is 11.3 Å². The normalized spacial score (nSPS) is 10.3.